The number of alkyl halides is 1. The molecule has 0 aromatic heterocycles. The average Bonchev–Trinajstić information content (AvgIpc) is 2.34. The monoisotopic (exact) mass is 322 g/mol. The Balaban J connectivity index is 2.42. The second-order valence-corrected chi connectivity index (χ2v) is 4.26. The standard InChI is InChI=1S/C12H13BrF2O3/c1-2-17-12(16)9(14)6-7-18-10-5-3-4-8(13)11(10)15/h3-5,9H,2,6-7H2,1H3. The van der Waals surface area contributed by atoms with Crippen LogP contribution in [0.25, 0.3) is 0 Å². The van der Waals surface area contributed by atoms with E-state index in [-0.39, 0.29) is 29.9 Å². The Kier molecular flexibility index (Phi) is 6.04. The van der Waals surface area contributed by atoms with Crippen molar-refractivity contribution in [2.24, 2.45) is 0 Å². The lowest BCUT2D eigenvalue weighted by Crippen LogP contribution is -2.21. The molecule has 6 heteroatoms. The van der Waals surface area contributed by atoms with E-state index in [0.29, 0.717) is 0 Å². The van der Waals surface area contributed by atoms with Gasteiger partial charge in [0, 0.05) is 6.42 Å². The molecular formula is C12H13BrF2O3. The van der Waals surface area contributed by atoms with Gasteiger partial charge in [-0.25, -0.2) is 13.6 Å². The minimum Gasteiger partial charge on any atom is -0.490 e. The van der Waals surface area contributed by atoms with E-state index in [2.05, 4.69) is 20.7 Å². The van der Waals surface area contributed by atoms with Crippen LogP contribution in [0.5, 0.6) is 5.75 Å². The predicted octanol–water partition coefficient (Wildman–Crippen LogP) is 3.26. The fraction of sp³-hybridized carbons (Fsp3) is 0.417. The SMILES string of the molecule is CCOC(=O)C(F)CCOc1cccc(Br)c1F. The molecule has 0 N–H and O–H groups in total. The number of rotatable bonds is 6. The lowest BCUT2D eigenvalue weighted by atomic mass is 10.3. The molecule has 0 spiro atoms. The molecule has 0 aliphatic heterocycles. The van der Waals surface area contributed by atoms with Gasteiger partial charge in [-0.05, 0) is 35.0 Å². The van der Waals surface area contributed by atoms with Crippen LogP contribution in [-0.4, -0.2) is 25.4 Å². The van der Waals surface area contributed by atoms with Crippen molar-refractivity contribution in [3.05, 3.63) is 28.5 Å². The summed E-state index contributed by atoms with van der Waals surface area (Å²) in [6.45, 7) is 1.62. The Bertz CT molecular complexity index is 412. The van der Waals surface area contributed by atoms with E-state index >= 15 is 0 Å². The molecular weight excluding hydrogens is 310 g/mol. The molecule has 0 aliphatic rings. The third kappa shape index (κ3) is 4.25. The first-order valence-electron chi connectivity index (χ1n) is 5.43. The molecule has 1 rings (SSSR count). The summed E-state index contributed by atoms with van der Waals surface area (Å²) in [5, 5.41) is 0. The van der Waals surface area contributed by atoms with Gasteiger partial charge in [-0.3, -0.25) is 0 Å². The van der Waals surface area contributed by atoms with E-state index in [1.165, 1.54) is 12.1 Å². The molecule has 0 radical (unpaired) electrons. The van der Waals surface area contributed by atoms with Crippen LogP contribution in [-0.2, 0) is 9.53 Å². The van der Waals surface area contributed by atoms with Crippen LogP contribution in [0.3, 0.4) is 0 Å². The number of benzene rings is 1. The average molecular weight is 323 g/mol. The van der Waals surface area contributed by atoms with Crippen LogP contribution in [0.1, 0.15) is 13.3 Å². The second-order valence-electron chi connectivity index (χ2n) is 3.41. The maximum absolute atomic E-state index is 13.4. The molecule has 0 amide bonds. The summed E-state index contributed by atoms with van der Waals surface area (Å²) in [5.74, 6) is -1.46. The fourth-order valence-corrected chi connectivity index (χ4v) is 1.57. The van der Waals surface area contributed by atoms with Crippen molar-refractivity contribution in [2.75, 3.05) is 13.2 Å². The summed E-state index contributed by atoms with van der Waals surface area (Å²) in [4.78, 5) is 11.0. The molecule has 100 valence electrons. The highest BCUT2D eigenvalue weighted by Gasteiger charge is 2.18. The number of halogens is 3. The molecule has 3 nitrogen and oxygen atoms in total. The van der Waals surface area contributed by atoms with Crippen molar-refractivity contribution in [3.8, 4) is 5.75 Å². The quantitative estimate of drug-likeness (QED) is 0.754. The normalized spacial score (nSPS) is 12.0. The first-order valence-corrected chi connectivity index (χ1v) is 6.23. The zero-order valence-electron chi connectivity index (χ0n) is 9.79. The maximum Gasteiger partial charge on any atom is 0.340 e. The Labute approximate surface area is 112 Å². The second kappa shape index (κ2) is 7.31. The van der Waals surface area contributed by atoms with Gasteiger partial charge < -0.3 is 9.47 Å². The summed E-state index contributed by atoms with van der Waals surface area (Å²) in [6.07, 6.45) is -1.93. The molecule has 1 atom stereocenters. The lowest BCUT2D eigenvalue weighted by Gasteiger charge is -2.10. The zero-order valence-corrected chi connectivity index (χ0v) is 11.4. The highest BCUT2D eigenvalue weighted by atomic mass is 79.9. The van der Waals surface area contributed by atoms with E-state index in [4.69, 9.17) is 4.74 Å². The minimum atomic E-state index is -1.75. The van der Waals surface area contributed by atoms with Crippen molar-refractivity contribution in [3.63, 3.8) is 0 Å². The van der Waals surface area contributed by atoms with Crippen LogP contribution in [0.4, 0.5) is 8.78 Å². The Morgan fingerprint density at radius 1 is 1.50 bits per heavy atom. The summed E-state index contributed by atoms with van der Waals surface area (Å²) in [5.41, 5.74) is 0. The smallest absolute Gasteiger partial charge is 0.340 e. The van der Waals surface area contributed by atoms with Crippen LogP contribution in [0.2, 0.25) is 0 Å². The summed E-state index contributed by atoms with van der Waals surface area (Å²) in [7, 11) is 0. The molecule has 1 aromatic rings. The number of carbonyl (C=O) groups is 1. The van der Waals surface area contributed by atoms with Crippen molar-refractivity contribution in [1.82, 2.24) is 0 Å². The molecule has 18 heavy (non-hydrogen) atoms. The summed E-state index contributed by atoms with van der Waals surface area (Å²) in [6, 6.07) is 4.55. The van der Waals surface area contributed by atoms with E-state index in [0.717, 1.165) is 0 Å². The first-order chi connectivity index (χ1) is 8.56. The molecule has 0 bridgehead atoms. The van der Waals surface area contributed by atoms with Gasteiger partial charge in [0.15, 0.2) is 11.6 Å². The third-order valence-corrected chi connectivity index (χ3v) is 2.70. The van der Waals surface area contributed by atoms with Crippen molar-refractivity contribution < 1.29 is 23.0 Å². The molecule has 0 fully saturated rings. The van der Waals surface area contributed by atoms with Crippen molar-refractivity contribution >= 4 is 21.9 Å². The van der Waals surface area contributed by atoms with Gasteiger partial charge in [-0.2, -0.15) is 0 Å². The van der Waals surface area contributed by atoms with Gasteiger partial charge in [0.25, 0.3) is 0 Å². The van der Waals surface area contributed by atoms with Crippen LogP contribution in [0, 0.1) is 5.82 Å². The Hall–Kier alpha value is -1.17. The lowest BCUT2D eigenvalue weighted by molar-refractivity contribution is -0.149. The van der Waals surface area contributed by atoms with Gasteiger partial charge in [-0.1, -0.05) is 6.07 Å². The van der Waals surface area contributed by atoms with E-state index in [9.17, 15) is 13.6 Å². The molecule has 1 aromatic carbocycles. The topological polar surface area (TPSA) is 35.5 Å². The van der Waals surface area contributed by atoms with Gasteiger partial charge in [0.05, 0.1) is 17.7 Å². The largest absolute Gasteiger partial charge is 0.490 e. The molecule has 0 aliphatic carbocycles. The highest BCUT2D eigenvalue weighted by molar-refractivity contribution is 9.10. The van der Waals surface area contributed by atoms with Crippen molar-refractivity contribution in [2.45, 2.75) is 19.5 Å². The van der Waals surface area contributed by atoms with Crippen LogP contribution in [0.15, 0.2) is 22.7 Å². The van der Waals surface area contributed by atoms with E-state index in [1.807, 2.05) is 0 Å². The first kappa shape index (κ1) is 14.9. The fourth-order valence-electron chi connectivity index (χ4n) is 1.22. The van der Waals surface area contributed by atoms with Gasteiger partial charge in [-0.15, -0.1) is 0 Å². The predicted molar refractivity (Wildman–Crippen MR) is 65.7 cm³/mol. The van der Waals surface area contributed by atoms with Crippen molar-refractivity contribution in [1.29, 1.82) is 0 Å². The van der Waals surface area contributed by atoms with E-state index in [1.54, 1.807) is 13.0 Å². The van der Waals surface area contributed by atoms with Crippen LogP contribution < -0.4 is 4.74 Å². The number of esters is 1. The maximum atomic E-state index is 13.4. The van der Waals surface area contributed by atoms with Gasteiger partial charge in [0.2, 0.25) is 6.17 Å². The molecule has 0 saturated heterocycles. The molecule has 1 unspecified atom stereocenters. The number of ether oxygens (including phenoxy) is 2. The summed E-state index contributed by atoms with van der Waals surface area (Å²) >= 11 is 3.01. The van der Waals surface area contributed by atoms with Gasteiger partial charge >= 0.3 is 5.97 Å². The molecule has 0 heterocycles. The third-order valence-electron chi connectivity index (χ3n) is 2.09. The van der Waals surface area contributed by atoms with Gasteiger partial charge in [0.1, 0.15) is 0 Å². The minimum absolute atomic E-state index is 0.0143. The van der Waals surface area contributed by atoms with Crippen LogP contribution >= 0.6 is 15.9 Å². The molecule has 0 saturated carbocycles. The number of hydrogen-bond acceptors (Lipinski definition) is 3. The number of carbonyl (C=O) groups excluding carboxylic acids is 1. The zero-order chi connectivity index (χ0) is 13.5. The summed E-state index contributed by atoms with van der Waals surface area (Å²) < 4.78 is 36.5. The highest BCUT2D eigenvalue weighted by Crippen LogP contribution is 2.24. The Morgan fingerprint density at radius 2 is 2.22 bits per heavy atom. The van der Waals surface area contributed by atoms with E-state index < -0.39 is 18.0 Å². The Morgan fingerprint density at radius 3 is 2.89 bits per heavy atom. The number of hydrogen-bond donors (Lipinski definition) is 0.